The van der Waals surface area contributed by atoms with Crippen molar-refractivity contribution in [2.45, 2.75) is 13.0 Å². The van der Waals surface area contributed by atoms with E-state index in [9.17, 15) is 4.79 Å². The number of nitrogens with zero attached hydrogens (tertiary/aromatic N) is 4. The number of carbonyl (C=O) groups excluding carboxylic acids is 1. The molecule has 1 unspecified atom stereocenters. The Kier molecular flexibility index (Phi) is 4.14. The predicted molar refractivity (Wildman–Crippen MR) is 98.8 cm³/mol. The van der Waals surface area contributed by atoms with Crippen LogP contribution in [-0.2, 0) is 4.79 Å². The Balaban J connectivity index is 1.74. The highest BCUT2D eigenvalue weighted by Gasteiger charge is 2.33. The molecule has 1 atom stereocenters. The van der Waals surface area contributed by atoms with Gasteiger partial charge in [-0.1, -0.05) is 47.0 Å². The second-order valence-electron chi connectivity index (χ2n) is 5.88. The molecule has 2 aromatic carbocycles. The van der Waals surface area contributed by atoms with Crippen molar-refractivity contribution in [2.75, 3.05) is 10.6 Å². The topological polar surface area (TPSA) is 84.7 Å². The minimum Gasteiger partial charge on any atom is -0.326 e. The van der Waals surface area contributed by atoms with Crippen molar-refractivity contribution in [3.8, 4) is 0 Å². The van der Waals surface area contributed by atoms with Crippen molar-refractivity contribution < 1.29 is 4.79 Å². The maximum atomic E-state index is 13.1. The number of tetrazole rings is 1. The fourth-order valence-electron chi connectivity index (χ4n) is 2.98. The number of rotatable bonds is 3. The SMILES string of the molecule is CC1=C(C(=O)Nc2ccc(Cl)cc2)C(c2ccccc2)n2nnnc2N1. The lowest BCUT2D eigenvalue weighted by Crippen LogP contribution is -2.31. The zero-order chi connectivity index (χ0) is 18.1. The number of anilines is 2. The second kappa shape index (κ2) is 6.61. The summed E-state index contributed by atoms with van der Waals surface area (Å²) in [6.07, 6.45) is 0. The second-order valence-corrected chi connectivity index (χ2v) is 6.32. The molecule has 130 valence electrons. The smallest absolute Gasteiger partial charge is 0.255 e. The molecule has 8 heteroatoms. The predicted octanol–water partition coefficient (Wildman–Crippen LogP) is 3.25. The first kappa shape index (κ1) is 16.3. The minimum absolute atomic E-state index is 0.229. The van der Waals surface area contributed by atoms with E-state index >= 15 is 0 Å². The molecule has 0 aliphatic carbocycles. The Hall–Kier alpha value is -3.19. The van der Waals surface area contributed by atoms with E-state index in [1.54, 1.807) is 28.9 Å². The van der Waals surface area contributed by atoms with Crippen LogP contribution < -0.4 is 10.6 Å². The molecule has 26 heavy (non-hydrogen) atoms. The van der Waals surface area contributed by atoms with Crippen molar-refractivity contribution in [1.82, 2.24) is 20.2 Å². The Morgan fingerprint density at radius 1 is 1.15 bits per heavy atom. The Labute approximate surface area is 154 Å². The third-order valence-corrected chi connectivity index (χ3v) is 4.43. The maximum absolute atomic E-state index is 13.1. The molecular formula is C18H15ClN6O. The Morgan fingerprint density at radius 3 is 2.62 bits per heavy atom. The van der Waals surface area contributed by atoms with Gasteiger partial charge in [0.05, 0.1) is 5.57 Å². The summed E-state index contributed by atoms with van der Waals surface area (Å²) in [6, 6.07) is 16.2. The van der Waals surface area contributed by atoms with E-state index in [-0.39, 0.29) is 5.91 Å². The highest BCUT2D eigenvalue weighted by Crippen LogP contribution is 2.34. The number of aromatic nitrogens is 4. The number of allylic oxidation sites excluding steroid dienone is 1. The summed E-state index contributed by atoms with van der Waals surface area (Å²) in [4.78, 5) is 13.1. The van der Waals surface area contributed by atoms with E-state index in [0.29, 0.717) is 27.9 Å². The van der Waals surface area contributed by atoms with Crippen molar-refractivity contribution in [3.63, 3.8) is 0 Å². The summed E-state index contributed by atoms with van der Waals surface area (Å²) in [6.45, 7) is 1.84. The number of carbonyl (C=O) groups is 1. The highest BCUT2D eigenvalue weighted by atomic mass is 35.5. The van der Waals surface area contributed by atoms with Crippen molar-refractivity contribution in [2.24, 2.45) is 0 Å². The minimum atomic E-state index is -0.422. The average Bonchev–Trinajstić information content (AvgIpc) is 3.11. The molecule has 1 amide bonds. The number of amides is 1. The largest absolute Gasteiger partial charge is 0.326 e. The normalized spacial score (nSPS) is 16.0. The van der Waals surface area contributed by atoms with Crippen LogP contribution in [0, 0.1) is 0 Å². The van der Waals surface area contributed by atoms with Gasteiger partial charge in [-0.25, -0.2) is 0 Å². The molecule has 0 spiro atoms. The third kappa shape index (κ3) is 2.93. The molecule has 0 radical (unpaired) electrons. The van der Waals surface area contributed by atoms with E-state index in [2.05, 4.69) is 26.2 Å². The van der Waals surface area contributed by atoms with Crippen LogP contribution in [0.25, 0.3) is 0 Å². The summed E-state index contributed by atoms with van der Waals surface area (Å²) in [5.74, 6) is 0.270. The number of hydrogen-bond donors (Lipinski definition) is 2. The van der Waals surface area contributed by atoms with Crippen LogP contribution in [0.5, 0.6) is 0 Å². The van der Waals surface area contributed by atoms with E-state index in [1.165, 1.54) is 0 Å². The molecule has 0 saturated carbocycles. The van der Waals surface area contributed by atoms with Gasteiger partial charge in [0, 0.05) is 16.4 Å². The van der Waals surface area contributed by atoms with Gasteiger partial charge in [-0.3, -0.25) is 4.79 Å². The van der Waals surface area contributed by atoms with Gasteiger partial charge in [-0.2, -0.15) is 4.68 Å². The summed E-state index contributed by atoms with van der Waals surface area (Å²) in [7, 11) is 0. The lowest BCUT2D eigenvalue weighted by molar-refractivity contribution is -0.113. The zero-order valence-corrected chi connectivity index (χ0v) is 14.6. The molecule has 0 bridgehead atoms. The van der Waals surface area contributed by atoms with Crippen LogP contribution in [0.15, 0.2) is 65.9 Å². The molecule has 3 aromatic rings. The summed E-state index contributed by atoms with van der Waals surface area (Å²) in [5.41, 5.74) is 2.83. The van der Waals surface area contributed by atoms with Gasteiger partial charge in [-0.15, -0.1) is 0 Å². The first-order chi connectivity index (χ1) is 12.6. The fourth-order valence-corrected chi connectivity index (χ4v) is 3.11. The van der Waals surface area contributed by atoms with Gasteiger partial charge in [0.25, 0.3) is 5.91 Å². The van der Waals surface area contributed by atoms with Gasteiger partial charge in [0.15, 0.2) is 0 Å². The van der Waals surface area contributed by atoms with Crippen molar-refractivity contribution in [3.05, 3.63) is 76.5 Å². The summed E-state index contributed by atoms with van der Waals surface area (Å²) in [5, 5.41) is 18.4. The van der Waals surface area contributed by atoms with Crippen LogP contribution in [0.4, 0.5) is 11.6 Å². The van der Waals surface area contributed by atoms with E-state index < -0.39 is 6.04 Å². The van der Waals surface area contributed by atoms with Crippen molar-refractivity contribution in [1.29, 1.82) is 0 Å². The molecule has 7 nitrogen and oxygen atoms in total. The molecule has 4 rings (SSSR count). The molecule has 1 aliphatic heterocycles. The van der Waals surface area contributed by atoms with Crippen LogP contribution >= 0.6 is 11.6 Å². The van der Waals surface area contributed by atoms with Crippen LogP contribution in [0.3, 0.4) is 0 Å². The van der Waals surface area contributed by atoms with Gasteiger partial charge >= 0.3 is 0 Å². The summed E-state index contributed by atoms with van der Waals surface area (Å²) >= 11 is 5.91. The van der Waals surface area contributed by atoms with Gasteiger partial charge in [0.2, 0.25) is 5.95 Å². The zero-order valence-electron chi connectivity index (χ0n) is 13.8. The molecule has 2 N–H and O–H groups in total. The number of halogens is 1. The number of fused-ring (bicyclic) bond motifs is 1. The monoisotopic (exact) mass is 366 g/mol. The quantitative estimate of drug-likeness (QED) is 0.743. The van der Waals surface area contributed by atoms with Crippen LogP contribution in [-0.4, -0.2) is 26.1 Å². The lowest BCUT2D eigenvalue weighted by atomic mass is 9.95. The highest BCUT2D eigenvalue weighted by molar-refractivity contribution is 6.30. The fraction of sp³-hybridized carbons (Fsp3) is 0.111. The summed E-state index contributed by atoms with van der Waals surface area (Å²) < 4.78 is 1.61. The molecule has 1 aliphatic rings. The van der Waals surface area contributed by atoms with Crippen molar-refractivity contribution >= 4 is 29.1 Å². The first-order valence-electron chi connectivity index (χ1n) is 8.01. The lowest BCUT2D eigenvalue weighted by Gasteiger charge is -2.27. The maximum Gasteiger partial charge on any atom is 0.255 e. The van der Waals surface area contributed by atoms with Crippen LogP contribution in [0.1, 0.15) is 18.5 Å². The van der Waals surface area contributed by atoms with Gasteiger partial charge < -0.3 is 10.6 Å². The Morgan fingerprint density at radius 2 is 1.88 bits per heavy atom. The van der Waals surface area contributed by atoms with Gasteiger partial charge in [0.1, 0.15) is 6.04 Å². The van der Waals surface area contributed by atoms with E-state index in [0.717, 1.165) is 5.56 Å². The average molecular weight is 367 g/mol. The molecule has 2 heterocycles. The molecule has 1 aromatic heterocycles. The van der Waals surface area contributed by atoms with E-state index in [1.807, 2.05) is 37.3 Å². The van der Waals surface area contributed by atoms with E-state index in [4.69, 9.17) is 11.6 Å². The number of nitrogens with one attached hydrogen (secondary N) is 2. The van der Waals surface area contributed by atoms with Crippen LogP contribution in [0.2, 0.25) is 5.02 Å². The number of benzene rings is 2. The number of hydrogen-bond acceptors (Lipinski definition) is 5. The Bertz CT molecular complexity index is 980. The standard InChI is InChI=1S/C18H15ClN6O/c1-11-15(17(26)21-14-9-7-13(19)8-10-14)16(12-5-3-2-4-6-12)25-18(20-11)22-23-24-25/h2-10,16H,1H3,(H,21,26)(H,20,22,24). The first-order valence-corrected chi connectivity index (χ1v) is 8.39. The molecule has 0 fully saturated rings. The molecular weight excluding hydrogens is 352 g/mol. The van der Waals surface area contributed by atoms with Gasteiger partial charge in [-0.05, 0) is 47.2 Å². The third-order valence-electron chi connectivity index (χ3n) is 4.18. The molecule has 0 saturated heterocycles.